The molecule has 108 valence electrons. The molecule has 0 radical (unpaired) electrons. The molecule has 0 aliphatic rings. The minimum atomic E-state index is 0.631. The quantitative estimate of drug-likeness (QED) is 0.607. The van der Waals surface area contributed by atoms with Crippen LogP contribution in [0.5, 0.6) is 0 Å². The van der Waals surface area contributed by atoms with Gasteiger partial charge in [0, 0.05) is 16.7 Å². The van der Waals surface area contributed by atoms with Crippen LogP contribution in [0.2, 0.25) is 0 Å². The normalized spacial score (nSPS) is 14.3. The molecule has 2 atom stereocenters. The van der Waals surface area contributed by atoms with Gasteiger partial charge in [0.15, 0.2) is 0 Å². The molecule has 0 saturated carbocycles. The molecule has 0 spiro atoms. The van der Waals surface area contributed by atoms with Crippen LogP contribution in [0.1, 0.15) is 46.0 Å². The summed E-state index contributed by atoms with van der Waals surface area (Å²) < 4.78 is 0. The lowest BCUT2D eigenvalue weighted by atomic mass is 9.93. The summed E-state index contributed by atoms with van der Waals surface area (Å²) in [7, 11) is 2.10. The van der Waals surface area contributed by atoms with Crippen molar-refractivity contribution >= 4 is 11.8 Å². The van der Waals surface area contributed by atoms with Crippen molar-refractivity contribution in [2.45, 2.75) is 56.9 Å². The number of nitrogens with one attached hydrogen (secondary N) is 1. The van der Waals surface area contributed by atoms with E-state index in [4.69, 9.17) is 0 Å². The predicted octanol–water partition coefficient (Wildman–Crippen LogP) is 4.97. The van der Waals surface area contributed by atoms with Gasteiger partial charge in [0.05, 0.1) is 0 Å². The fourth-order valence-electron chi connectivity index (χ4n) is 2.37. The third kappa shape index (κ3) is 7.03. The second-order valence-corrected chi connectivity index (χ2v) is 6.36. The number of hydrogen-bond acceptors (Lipinski definition) is 2. The maximum atomic E-state index is 3.49. The summed E-state index contributed by atoms with van der Waals surface area (Å²) in [6.07, 6.45) is 6.71. The van der Waals surface area contributed by atoms with Crippen LogP contribution in [0.3, 0.4) is 0 Å². The van der Waals surface area contributed by atoms with Crippen LogP contribution in [-0.4, -0.2) is 18.8 Å². The SMILES string of the molecule is CCCCC(CC)CC(CSc1ccccc1)NC. The van der Waals surface area contributed by atoms with Crippen molar-refractivity contribution in [2.75, 3.05) is 12.8 Å². The Labute approximate surface area is 123 Å². The summed E-state index contributed by atoms with van der Waals surface area (Å²) >= 11 is 1.97. The second-order valence-electron chi connectivity index (χ2n) is 5.26. The first-order chi connectivity index (χ1) is 9.30. The highest BCUT2D eigenvalue weighted by Crippen LogP contribution is 2.23. The topological polar surface area (TPSA) is 12.0 Å². The van der Waals surface area contributed by atoms with Crippen LogP contribution in [-0.2, 0) is 0 Å². The summed E-state index contributed by atoms with van der Waals surface area (Å²) in [6, 6.07) is 11.3. The van der Waals surface area contributed by atoms with E-state index in [1.807, 2.05) is 11.8 Å². The van der Waals surface area contributed by atoms with E-state index in [1.54, 1.807) is 0 Å². The lowest BCUT2D eigenvalue weighted by Gasteiger charge is -2.22. The van der Waals surface area contributed by atoms with Gasteiger partial charge in [-0.3, -0.25) is 0 Å². The Morgan fingerprint density at radius 3 is 2.47 bits per heavy atom. The summed E-state index contributed by atoms with van der Waals surface area (Å²) in [5.74, 6) is 2.05. The molecule has 19 heavy (non-hydrogen) atoms. The van der Waals surface area contributed by atoms with Crippen molar-refractivity contribution in [1.29, 1.82) is 0 Å². The Kier molecular flexibility index (Phi) is 9.02. The van der Waals surface area contributed by atoms with Gasteiger partial charge in [-0.25, -0.2) is 0 Å². The number of benzene rings is 1. The molecule has 0 aliphatic heterocycles. The molecule has 0 amide bonds. The van der Waals surface area contributed by atoms with Crippen LogP contribution in [0.25, 0.3) is 0 Å². The molecule has 0 aliphatic carbocycles. The molecule has 1 aromatic carbocycles. The number of hydrogen-bond donors (Lipinski definition) is 1. The molecular weight excluding hydrogens is 250 g/mol. The van der Waals surface area contributed by atoms with Gasteiger partial charge in [0.25, 0.3) is 0 Å². The zero-order valence-electron chi connectivity index (χ0n) is 12.7. The van der Waals surface area contributed by atoms with Crippen molar-refractivity contribution in [3.63, 3.8) is 0 Å². The van der Waals surface area contributed by atoms with Crippen LogP contribution < -0.4 is 5.32 Å². The van der Waals surface area contributed by atoms with Crippen molar-refractivity contribution in [2.24, 2.45) is 5.92 Å². The molecule has 0 bridgehead atoms. The van der Waals surface area contributed by atoms with Gasteiger partial charge >= 0.3 is 0 Å². The summed E-state index contributed by atoms with van der Waals surface area (Å²) in [5.41, 5.74) is 0. The average molecular weight is 279 g/mol. The standard InChI is InChI=1S/C17H29NS/c1-4-6-10-15(5-2)13-16(18-3)14-19-17-11-8-7-9-12-17/h7-9,11-12,15-16,18H,4-6,10,13-14H2,1-3H3. The van der Waals surface area contributed by atoms with Crippen molar-refractivity contribution < 1.29 is 0 Å². The molecule has 2 heteroatoms. The monoisotopic (exact) mass is 279 g/mol. The molecule has 0 fully saturated rings. The van der Waals surface area contributed by atoms with Crippen molar-refractivity contribution in [1.82, 2.24) is 5.32 Å². The van der Waals surface area contributed by atoms with Gasteiger partial charge in [-0.1, -0.05) is 57.7 Å². The molecule has 1 N–H and O–H groups in total. The van der Waals surface area contributed by atoms with Gasteiger partial charge in [-0.2, -0.15) is 0 Å². The highest BCUT2D eigenvalue weighted by molar-refractivity contribution is 7.99. The Hall–Kier alpha value is -0.470. The van der Waals surface area contributed by atoms with E-state index in [0.29, 0.717) is 6.04 Å². The minimum Gasteiger partial charge on any atom is -0.316 e. The third-order valence-electron chi connectivity index (χ3n) is 3.76. The Bertz CT molecular complexity index is 312. The van der Waals surface area contributed by atoms with E-state index in [0.717, 1.165) is 5.92 Å². The third-order valence-corrected chi connectivity index (χ3v) is 4.94. The molecule has 0 heterocycles. The highest BCUT2D eigenvalue weighted by Gasteiger charge is 2.13. The maximum absolute atomic E-state index is 3.49. The van der Waals surface area contributed by atoms with E-state index in [1.165, 1.54) is 42.8 Å². The maximum Gasteiger partial charge on any atom is 0.0161 e. The first kappa shape index (κ1) is 16.6. The zero-order chi connectivity index (χ0) is 13.9. The summed E-state index contributed by atoms with van der Waals surface area (Å²) in [4.78, 5) is 1.38. The van der Waals surface area contributed by atoms with E-state index in [2.05, 4.69) is 56.5 Å². The second kappa shape index (κ2) is 10.3. The lowest BCUT2D eigenvalue weighted by molar-refractivity contribution is 0.375. The minimum absolute atomic E-state index is 0.631. The first-order valence-electron chi connectivity index (χ1n) is 7.65. The first-order valence-corrected chi connectivity index (χ1v) is 8.63. The Balaban J connectivity index is 2.35. The number of rotatable bonds is 10. The van der Waals surface area contributed by atoms with Crippen LogP contribution >= 0.6 is 11.8 Å². The largest absolute Gasteiger partial charge is 0.316 e. The van der Waals surface area contributed by atoms with Gasteiger partial charge < -0.3 is 5.32 Å². The van der Waals surface area contributed by atoms with Gasteiger partial charge in [0.2, 0.25) is 0 Å². The average Bonchev–Trinajstić information content (AvgIpc) is 2.47. The molecule has 1 aromatic rings. The fourth-order valence-corrected chi connectivity index (χ4v) is 3.41. The number of thioether (sulfide) groups is 1. The van der Waals surface area contributed by atoms with Crippen LogP contribution in [0, 0.1) is 5.92 Å². The van der Waals surface area contributed by atoms with Gasteiger partial charge in [-0.15, -0.1) is 11.8 Å². The molecule has 0 saturated heterocycles. The Morgan fingerprint density at radius 1 is 1.16 bits per heavy atom. The fraction of sp³-hybridized carbons (Fsp3) is 0.647. The van der Waals surface area contributed by atoms with E-state index < -0.39 is 0 Å². The van der Waals surface area contributed by atoms with Crippen LogP contribution in [0.4, 0.5) is 0 Å². The van der Waals surface area contributed by atoms with Crippen molar-refractivity contribution in [3.05, 3.63) is 30.3 Å². The molecule has 0 aromatic heterocycles. The van der Waals surface area contributed by atoms with Gasteiger partial charge in [0.1, 0.15) is 0 Å². The van der Waals surface area contributed by atoms with Gasteiger partial charge in [-0.05, 0) is 31.5 Å². The molecule has 2 unspecified atom stereocenters. The van der Waals surface area contributed by atoms with E-state index >= 15 is 0 Å². The van der Waals surface area contributed by atoms with Crippen molar-refractivity contribution in [3.8, 4) is 0 Å². The number of unbranched alkanes of at least 4 members (excludes halogenated alkanes) is 1. The highest BCUT2D eigenvalue weighted by atomic mass is 32.2. The Morgan fingerprint density at radius 2 is 1.89 bits per heavy atom. The zero-order valence-corrected chi connectivity index (χ0v) is 13.5. The van der Waals surface area contributed by atoms with E-state index in [9.17, 15) is 0 Å². The predicted molar refractivity (Wildman–Crippen MR) is 87.9 cm³/mol. The molecular formula is C17H29NS. The smallest absolute Gasteiger partial charge is 0.0161 e. The van der Waals surface area contributed by atoms with Crippen LogP contribution in [0.15, 0.2) is 35.2 Å². The molecule has 1 rings (SSSR count). The summed E-state index contributed by atoms with van der Waals surface area (Å²) in [6.45, 7) is 4.62. The lowest BCUT2D eigenvalue weighted by Crippen LogP contribution is -2.30. The summed E-state index contributed by atoms with van der Waals surface area (Å²) in [5, 5.41) is 3.49. The van der Waals surface area contributed by atoms with E-state index in [-0.39, 0.29) is 0 Å². The molecule has 1 nitrogen and oxygen atoms in total.